The zero-order valence-corrected chi connectivity index (χ0v) is 36.3. The molecule has 4 saturated heterocycles. The second kappa shape index (κ2) is 18.7. The molecule has 63 heavy (non-hydrogen) atoms. The van der Waals surface area contributed by atoms with Gasteiger partial charge in [0.2, 0.25) is 11.8 Å². The summed E-state index contributed by atoms with van der Waals surface area (Å²) in [7, 11) is 1.56. The Balaban J connectivity index is 0.773. The smallest absolute Gasteiger partial charge is 0.322 e. The lowest BCUT2D eigenvalue weighted by atomic mass is 9.77. The number of piperazine rings is 2. The van der Waals surface area contributed by atoms with Crippen molar-refractivity contribution in [3.05, 3.63) is 71.2 Å². The van der Waals surface area contributed by atoms with Gasteiger partial charge in [0.25, 0.3) is 0 Å². The van der Waals surface area contributed by atoms with Crippen LogP contribution >= 0.6 is 0 Å². The topological polar surface area (TPSA) is 172 Å². The molecule has 0 saturated carbocycles. The molecule has 15 nitrogen and oxygen atoms in total. The number of nitrogens with one attached hydrogen (secondary N) is 2. The van der Waals surface area contributed by atoms with Crippen molar-refractivity contribution in [2.45, 2.75) is 70.9 Å². The number of ketones is 2. The minimum Gasteiger partial charge on any atom is -0.495 e. The molecule has 16 heteroatoms. The summed E-state index contributed by atoms with van der Waals surface area (Å²) < 4.78 is 21.1. The van der Waals surface area contributed by atoms with E-state index in [1.165, 1.54) is 6.07 Å². The first kappa shape index (κ1) is 43.6. The van der Waals surface area contributed by atoms with Crippen LogP contribution in [0.5, 0.6) is 5.75 Å². The van der Waals surface area contributed by atoms with Crippen LogP contribution in [0.2, 0.25) is 0 Å². The summed E-state index contributed by atoms with van der Waals surface area (Å²) in [5.41, 5.74) is 2.82. The summed E-state index contributed by atoms with van der Waals surface area (Å²) in [6.45, 7) is 10.7. The molecule has 2 aromatic carbocycles. The number of pyridine rings is 1. The lowest BCUT2D eigenvalue weighted by Crippen LogP contribution is -2.59. The summed E-state index contributed by atoms with van der Waals surface area (Å²) in [5, 5.41) is 14.8. The molecule has 2 unspecified atom stereocenters. The number of carbonyl (C=O) groups excluding carboxylic acids is 5. The molecule has 3 aromatic rings. The maximum absolute atomic E-state index is 15.6. The molecule has 0 radical (unpaired) electrons. The summed E-state index contributed by atoms with van der Waals surface area (Å²) >= 11 is 0. The number of amides is 4. The molecule has 4 atom stereocenters. The van der Waals surface area contributed by atoms with Gasteiger partial charge in [-0.2, -0.15) is 5.26 Å². The number of carbonyl (C=O) groups is 5. The molecule has 332 valence electrons. The molecule has 4 amide bonds. The van der Waals surface area contributed by atoms with Crippen LogP contribution in [-0.2, 0) is 9.59 Å². The van der Waals surface area contributed by atoms with E-state index >= 15 is 4.39 Å². The van der Waals surface area contributed by atoms with Gasteiger partial charge < -0.3 is 29.7 Å². The Labute approximate surface area is 367 Å². The van der Waals surface area contributed by atoms with Crippen LogP contribution < -0.4 is 30.1 Å². The fraction of sp³-hybridized carbons (Fsp3) is 0.511. The number of rotatable bonds is 10. The first-order valence-corrected chi connectivity index (χ1v) is 22.2. The quantitative estimate of drug-likeness (QED) is 0.246. The Morgan fingerprint density at radius 1 is 0.905 bits per heavy atom. The summed E-state index contributed by atoms with van der Waals surface area (Å²) in [6.07, 6.45) is 5.22. The molecular weight excluding hydrogens is 806 g/mol. The Morgan fingerprint density at radius 3 is 2.37 bits per heavy atom. The van der Waals surface area contributed by atoms with Crippen molar-refractivity contribution in [3.8, 4) is 11.8 Å². The number of aromatic nitrogens is 1. The standard InChI is InChI=1S/C47H56FN9O6/c1-29-27-57(30(2)26-56(29)36-9-6-34(24-49)42(21-36)63-3)47(62)51-35-8-10-43(50-25-35)55-14-12-31(13-15-55)28-53-16-18-54(19-17-53)40-23-37-38(22-39(40)48)45(60)33(20-41(37)58)5-4-32-7-11-44(59)52-46(32)61/h6,8-10,21-23,25,29-33H,4-5,7,11-20,26-28H2,1-3H3,(H,51,62)(H,52,59,61)/t29-,30+,32?,33?/m0/s1. The minimum atomic E-state index is -0.603. The number of piperidine rings is 2. The van der Waals surface area contributed by atoms with E-state index in [4.69, 9.17) is 9.72 Å². The van der Waals surface area contributed by atoms with E-state index in [-0.39, 0.29) is 71.4 Å². The third-order valence-corrected chi connectivity index (χ3v) is 13.7. The van der Waals surface area contributed by atoms with Gasteiger partial charge in [0.15, 0.2) is 11.6 Å². The van der Waals surface area contributed by atoms with Crippen LogP contribution in [0.4, 0.5) is 32.1 Å². The van der Waals surface area contributed by atoms with Crippen LogP contribution in [0.25, 0.3) is 0 Å². The number of imide groups is 1. The average Bonchev–Trinajstić information content (AvgIpc) is 3.28. The molecular formula is C47H56FN9O6. The number of Topliss-reactive ketones (excluding diaryl/α,β-unsaturated/α-hetero) is 2. The summed E-state index contributed by atoms with van der Waals surface area (Å²) in [6, 6.07) is 14.2. The highest BCUT2D eigenvalue weighted by Gasteiger charge is 2.37. The van der Waals surface area contributed by atoms with Crippen LogP contribution in [0.15, 0.2) is 48.7 Å². The Bertz CT molecular complexity index is 2280. The first-order chi connectivity index (χ1) is 30.4. The Hall–Kier alpha value is -6.08. The molecule has 2 N–H and O–H groups in total. The molecule has 1 aromatic heterocycles. The molecule has 4 fully saturated rings. The molecule has 0 bridgehead atoms. The van der Waals surface area contributed by atoms with E-state index in [2.05, 4.69) is 38.3 Å². The van der Waals surface area contributed by atoms with Gasteiger partial charge in [-0.25, -0.2) is 14.2 Å². The van der Waals surface area contributed by atoms with Crippen molar-refractivity contribution in [1.29, 1.82) is 5.26 Å². The van der Waals surface area contributed by atoms with Crippen molar-refractivity contribution in [2.75, 3.05) is 86.0 Å². The van der Waals surface area contributed by atoms with Gasteiger partial charge in [-0.05, 0) is 88.3 Å². The number of halogens is 1. The van der Waals surface area contributed by atoms with Gasteiger partial charge in [0.05, 0.1) is 30.2 Å². The van der Waals surface area contributed by atoms with Gasteiger partial charge in [-0.15, -0.1) is 0 Å². The predicted octanol–water partition coefficient (Wildman–Crippen LogP) is 5.49. The first-order valence-electron chi connectivity index (χ1n) is 22.2. The number of fused-ring (bicyclic) bond motifs is 1. The number of benzene rings is 2. The van der Waals surface area contributed by atoms with E-state index < -0.39 is 11.7 Å². The highest BCUT2D eigenvalue weighted by Crippen LogP contribution is 2.36. The van der Waals surface area contributed by atoms with Crippen molar-refractivity contribution >= 4 is 52.3 Å². The number of ether oxygens (including phenoxy) is 1. The van der Waals surface area contributed by atoms with Crippen LogP contribution in [-0.4, -0.2) is 122 Å². The zero-order valence-electron chi connectivity index (χ0n) is 36.3. The number of anilines is 4. The number of hydrogen-bond acceptors (Lipinski definition) is 12. The summed E-state index contributed by atoms with van der Waals surface area (Å²) in [4.78, 5) is 79.3. The molecule has 5 heterocycles. The lowest BCUT2D eigenvalue weighted by molar-refractivity contribution is -0.136. The van der Waals surface area contributed by atoms with E-state index in [1.807, 2.05) is 41.0 Å². The maximum atomic E-state index is 15.6. The highest BCUT2D eigenvalue weighted by atomic mass is 19.1. The SMILES string of the molecule is COc1cc(N2C[C@@H](C)N(C(=O)Nc3ccc(N4CCC(CN5CCN(c6cc7c(cc6F)C(=O)C(CCC6CCC(=O)NC6=O)CC7=O)CC5)CC4)nc3)C[C@@H]2C)ccc1C#N. The zero-order chi connectivity index (χ0) is 44.4. The minimum absolute atomic E-state index is 0.0366. The largest absolute Gasteiger partial charge is 0.495 e. The second-order valence-corrected chi connectivity index (χ2v) is 17.8. The fourth-order valence-corrected chi connectivity index (χ4v) is 9.98. The predicted molar refractivity (Wildman–Crippen MR) is 236 cm³/mol. The number of methoxy groups -OCH3 is 1. The average molecular weight is 862 g/mol. The third kappa shape index (κ3) is 9.49. The number of nitriles is 1. The Morgan fingerprint density at radius 2 is 1.67 bits per heavy atom. The van der Waals surface area contributed by atoms with Crippen molar-refractivity contribution in [3.63, 3.8) is 0 Å². The third-order valence-electron chi connectivity index (χ3n) is 13.7. The van der Waals surface area contributed by atoms with E-state index in [9.17, 15) is 29.2 Å². The monoisotopic (exact) mass is 861 g/mol. The molecule has 4 aliphatic heterocycles. The van der Waals surface area contributed by atoms with Gasteiger partial charge in [-0.1, -0.05) is 0 Å². The van der Waals surface area contributed by atoms with Gasteiger partial charge in [-0.3, -0.25) is 29.4 Å². The summed E-state index contributed by atoms with van der Waals surface area (Å²) in [5.74, 6) is -0.621. The van der Waals surface area contributed by atoms with Crippen LogP contribution in [0.3, 0.4) is 0 Å². The number of nitrogens with zero attached hydrogens (tertiary/aromatic N) is 7. The van der Waals surface area contributed by atoms with E-state index in [0.29, 0.717) is 74.0 Å². The van der Waals surface area contributed by atoms with Crippen molar-refractivity contribution in [2.24, 2.45) is 17.8 Å². The number of urea groups is 1. The van der Waals surface area contributed by atoms with Gasteiger partial charge in [0, 0.05) is 119 Å². The van der Waals surface area contributed by atoms with Crippen molar-refractivity contribution < 1.29 is 33.1 Å². The van der Waals surface area contributed by atoms with Crippen molar-refractivity contribution in [1.82, 2.24) is 20.1 Å². The van der Waals surface area contributed by atoms with Gasteiger partial charge in [0.1, 0.15) is 23.5 Å². The second-order valence-electron chi connectivity index (χ2n) is 17.8. The molecule has 1 aliphatic carbocycles. The van der Waals surface area contributed by atoms with Crippen LogP contribution in [0.1, 0.15) is 85.1 Å². The maximum Gasteiger partial charge on any atom is 0.322 e. The fourth-order valence-electron chi connectivity index (χ4n) is 9.98. The molecule has 0 spiro atoms. The number of hydrogen-bond donors (Lipinski definition) is 2. The Kier molecular flexibility index (Phi) is 12.9. The van der Waals surface area contributed by atoms with Crippen LogP contribution in [0, 0.1) is 34.9 Å². The van der Waals surface area contributed by atoms with E-state index in [0.717, 1.165) is 57.1 Å². The van der Waals surface area contributed by atoms with Gasteiger partial charge >= 0.3 is 6.03 Å². The highest BCUT2D eigenvalue weighted by molar-refractivity contribution is 6.15. The lowest BCUT2D eigenvalue weighted by Gasteiger charge is -2.45. The molecule has 5 aliphatic rings. The normalized spacial score (nSPS) is 23.6. The molecule has 8 rings (SSSR count). The van der Waals surface area contributed by atoms with E-state index in [1.54, 1.807) is 25.4 Å².